The van der Waals surface area contributed by atoms with E-state index in [4.69, 9.17) is 26.5 Å². The summed E-state index contributed by atoms with van der Waals surface area (Å²) in [6, 6.07) is 5.49. The van der Waals surface area contributed by atoms with Crippen molar-refractivity contribution in [1.29, 1.82) is 5.41 Å². The van der Waals surface area contributed by atoms with Gasteiger partial charge in [-0.2, -0.15) is 0 Å². The molecule has 5 atom stereocenters. The topological polar surface area (TPSA) is 104 Å². The van der Waals surface area contributed by atoms with Gasteiger partial charge in [0.15, 0.2) is 5.96 Å². The molecule has 200 valence electrons. The number of methoxy groups -OCH3 is 1. The molecule has 1 aromatic rings. The van der Waals surface area contributed by atoms with Crippen molar-refractivity contribution < 1.29 is 19.1 Å². The second-order valence-corrected chi connectivity index (χ2v) is 12.7. The van der Waals surface area contributed by atoms with Gasteiger partial charge in [-0.1, -0.05) is 23.7 Å². The number of amides is 2. The molecule has 37 heavy (non-hydrogen) atoms. The Morgan fingerprint density at radius 2 is 1.97 bits per heavy atom. The molecule has 2 saturated heterocycles. The first kappa shape index (κ1) is 25.1. The smallest absolute Gasteiger partial charge is 0.233 e. The number of guanidine groups is 1. The van der Waals surface area contributed by atoms with Crippen LogP contribution in [0.2, 0.25) is 5.02 Å². The van der Waals surface area contributed by atoms with Gasteiger partial charge in [-0.25, -0.2) is 0 Å². The van der Waals surface area contributed by atoms with Crippen LogP contribution in [-0.2, 0) is 24.6 Å². The molecule has 2 heterocycles. The Labute approximate surface area is 223 Å². The Balaban J connectivity index is 1.24. The molecule has 8 nitrogen and oxygen atoms in total. The molecular formula is C28H37ClN4O4. The fraction of sp³-hybridized carbons (Fsp3) is 0.679. The number of hydrogen-bond donors (Lipinski definition) is 3. The molecule has 2 amide bonds. The molecule has 9 heteroatoms. The van der Waals surface area contributed by atoms with Crippen molar-refractivity contribution in [2.75, 3.05) is 19.0 Å². The van der Waals surface area contributed by atoms with Crippen LogP contribution in [-0.4, -0.2) is 54.1 Å². The number of ether oxygens (including phenoxy) is 2. The molecular weight excluding hydrogens is 492 g/mol. The average Bonchev–Trinajstić information content (AvgIpc) is 3.20. The zero-order valence-corrected chi connectivity index (χ0v) is 22.6. The highest BCUT2D eigenvalue weighted by Crippen LogP contribution is 2.69. The van der Waals surface area contributed by atoms with E-state index in [-0.39, 0.29) is 41.9 Å². The Bertz CT molecular complexity index is 1120. The van der Waals surface area contributed by atoms with Crippen LogP contribution in [0.5, 0.6) is 0 Å². The number of carbonyl (C=O) groups excluding carboxylic acids is 2. The van der Waals surface area contributed by atoms with Crippen molar-refractivity contribution in [3.8, 4) is 0 Å². The van der Waals surface area contributed by atoms with E-state index >= 15 is 0 Å². The van der Waals surface area contributed by atoms with Gasteiger partial charge >= 0.3 is 0 Å². The van der Waals surface area contributed by atoms with Crippen molar-refractivity contribution in [3.63, 3.8) is 0 Å². The van der Waals surface area contributed by atoms with Gasteiger partial charge in [-0.15, -0.1) is 0 Å². The second kappa shape index (κ2) is 8.68. The fourth-order valence-corrected chi connectivity index (χ4v) is 8.87. The van der Waals surface area contributed by atoms with E-state index in [1.54, 1.807) is 12.0 Å². The highest BCUT2D eigenvalue weighted by atomic mass is 35.5. The first-order chi connectivity index (χ1) is 17.6. The summed E-state index contributed by atoms with van der Waals surface area (Å²) in [6.45, 7) is 4.48. The molecule has 6 aliphatic rings. The van der Waals surface area contributed by atoms with Crippen LogP contribution >= 0.6 is 11.6 Å². The van der Waals surface area contributed by atoms with Gasteiger partial charge in [0.2, 0.25) is 11.8 Å². The number of hydrogen-bond acceptors (Lipinski definition) is 5. The summed E-state index contributed by atoms with van der Waals surface area (Å²) in [4.78, 5) is 28.8. The first-order valence-electron chi connectivity index (χ1n) is 13.6. The van der Waals surface area contributed by atoms with Crippen molar-refractivity contribution in [3.05, 3.63) is 28.8 Å². The minimum absolute atomic E-state index is 0.0107. The lowest BCUT2D eigenvalue weighted by molar-refractivity contribution is -0.141. The molecule has 6 fully saturated rings. The summed E-state index contributed by atoms with van der Waals surface area (Å²) < 4.78 is 11.7. The molecule has 4 saturated carbocycles. The minimum atomic E-state index is -0.865. The van der Waals surface area contributed by atoms with E-state index in [0.29, 0.717) is 47.6 Å². The third-order valence-electron chi connectivity index (χ3n) is 9.95. The SMILES string of the molecule is COC12CC3CC(C1)CC2(C(=O)Nc1cccc([C@]2(C)CC(=O)N([C@H]4CCO[C@@H](C)C4)C(=N)N2)c1Cl)C3. The number of carbonyl (C=O) groups is 2. The van der Waals surface area contributed by atoms with Gasteiger partial charge in [0.25, 0.3) is 0 Å². The van der Waals surface area contributed by atoms with E-state index in [0.717, 1.165) is 25.7 Å². The van der Waals surface area contributed by atoms with Crippen molar-refractivity contribution in [2.24, 2.45) is 17.3 Å². The normalized spacial score (nSPS) is 40.7. The predicted molar refractivity (Wildman–Crippen MR) is 140 cm³/mol. The van der Waals surface area contributed by atoms with Gasteiger partial charge in [0.1, 0.15) is 0 Å². The number of rotatable bonds is 5. The van der Waals surface area contributed by atoms with E-state index in [1.807, 2.05) is 32.0 Å². The quantitative estimate of drug-likeness (QED) is 0.525. The van der Waals surface area contributed by atoms with Crippen molar-refractivity contribution in [1.82, 2.24) is 10.2 Å². The molecule has 3 N–H and O–H groups in total. The maximum atomic E-state index is 13.8. The number of anilines is 1. The molecule has 4 aliphatic carbocycles. The van der Waals surface area contributed by atoms with E-state index < -0.39 is 11.0 Å². The Morgan fingerprint density at radius 1 is 1.24 bits per heavy atom. The van der Waals surface area contributed by atoms with Gasteiger partial charge in [0.05, 0.1) is 39.8 Å². The van der Waals surface area contributed by atoms with Gasteiger partial charge < -0.3 is 20.1 Å². The maximum Gasteiger partial charge on any atom is 0.233 e. The van der Waals surface area contributed by atoms with Crippen LogP contribution in [0, 0.1) is 22.7 Å². The highest BCUT2D eigenvalue weighted by Gasteiger charge is 2.70. The van der Waals surface area contributed by atoms with Crippen molar-refractivity contribution in [2.45, 2.75) is 88.5 Å². The third-order valence-corrected chi connectivity index (χ3v) is 10.4. The van der Waals surface area contributed by atoms with Crippen LogP contribution in [0.3, 0.4) is 0 Å². The van der Waals surface area contributed by atoms with Gasteiger partial charge in [-0.3, -0.25) is 19.9 Å². The van der Waals surface area contributed by atoms with Gasteiger partial charge in [-0.05, 0) is 82.3 Å². The van der Waals surface area contributed by atoms with Crippen LogP contribution in [0.4, 0.5) is 5.69 Å². The summed E-state index contributed by atoms with van der Waals surface area (Å²) in [5, 5.41) is 15.5. The Kier molecular flexibility index (Phi) is 5.90. The molecule has 1 aromatic carbocycles. The molecule has 0 spiro atoms. The summed E-state index contributed by atoms with van der Waals surface area (Å²) in [6.07, 6.45) is 6.49. The van der Waals surface area contributed by atoms with Crippen LogP contribution < -0.4 is 10.6 Å². The standard InChI is InChI=1S/C28H37ClN4O4/c1-16-9-19(7-8-37-16)33-22(34)15-26(2,32-25(33)30)20-5-4-6-21(23(20)29)31-24(35)27-11-17-10-18(12-27)14-28(27,13-17)36-3/h4-6,16-19H,7-15H2,1-3H3,(H2,30,32)(H,31,35)/t16-,17?,18?,19-,26-,27?,28?/m0/s1. The predicted octanol–water partition coefficient (Wildman–Crippen LogP) is 4.41. The summed E-state index contributed by atoms with van der Waals surface area (Å²) in [5.41, 5.74) is -0.518. The lowest BCUT2D eigenvalue weighted by Gasteiger charge is -2.45. The monoisotopic (exact) mass is 528 g/mol. The maximum absolute atomic E-state index is 13.8. The van der Waals surface area contributed by atoms with Crippen molar-refractivity contribution >= 4 is 35.1 Å². The van der Waals surface area contributed by atoms with Crippen LogP contribution in [0.15, 0.2) is 18.2 Å². The van der Waals surface area contributed by atoms with E-state index in [2.05, 4.69) is 10.6 Å². The fourth-order valence-electron chi connectivity index (χ4n) is 8.48. The summed E-state index contributed by atoms with van der Waals surface area (Å²) in [5.74, 6) is 1.07. The zero-order valence-electron chi connectivity index (χ0n) is 21.9. The highest BCUT2D eigenvalue weighted by molar-refractivity contribution is 6.34. The average molecular weight is 529 g/mol. The third kappa shape index (κ3) is 3.73. The van der Waals surface area contributed by atoms with Crippen LogP contribution in [0.25, 0.3) is 0 Å². The summed E-state index contributed by atoms with van der Waals surface area (Å²) >= 11 is 6.93. The van der Waals surface area contributed by atoms with E-state index in [1.165, 1.54) is 6.42 Å². The molecule has 0 radical (unpaired) electrons. The first-order valence-corrected chi connectivity index (χ1v) is 13.9. The minimum Gasteiger partial charge on any atom is -0.378 e. The summed E-state index contributed by atoms with van der Waals surface area (Å²) in [7, 11) is 1.75. The molecule has 0 aromatic heterocycles. The number of halogens is 1. The van der Waals surface area contributed by atoms with Crippen LogP contribution in [0.1, 0.15) is 70.8 Å². The lowest BCUT2D eigenvalue weighted by Crippen LogP contribution is -2.63. The Morgan fingerprint density at radius 3 is 2.62 bits per heavy atom. The Hall–Kier alpha value is -2.16. The number of nitrogens with one attached hydrogen (secondary N) is 3. The zero-order chi connectivity index (χ0) is 26.2. The lowest BCUT2D eigenvalue weighted by atomic mass is 9.73. The molecule has 2 unspecified atom stereocenters. The number of benzene rings is 1. The van der Waals surface area contributed by atoms with E-state index in [9.17, 15) is 9.59 Å². The largest absolute Gasteiger partial charge is 0.378 e. The number of nitrogens with zero attached hydrogens (tertiary/aromatic N) is 1. The van der Waals surface area contributed by atoms with Gasteiger partial charge in [0, 0.05) is 19.8 Å². The molecule has 2 aliphatic heterocycles. The molecule has 4 bridgehead atoms. The molecule has 7 rings (SSSR count). The second-order valence-electron chi connectivity index (χ2n) is 12.3.